The first-order valence-corrected chi connectivity index (χ1v) is 9.93. The second-order valence-electron chi connectivity index (χ2n) is 7.57. The summed E-state index contributed by atoms with van der Waals surface area (Å²) < 4.78 is 1.82. The summed E-state index contributed by atoms with van der Waals surface area (Å²) in [5, 5.41) is 10.4. The third-order valence-corrected chi connectivity index (χ3v) is 4.82. The van der Waals surface area contributed by atoms with Crippen LogP contribution in [-0.4, -0.2) is 41.7 Å². The molecule has 0 fully saturated rings. The van der Waals surface area contributed by atoms with Gasteiger partial charge in [0, 0.05) is 5.69 Å². The average Bonchev–Trinajstić information content (AvgIpc) is 2.98. The van der Waals surface area contributed by atoms with E-state index in [-0.39, 0.29) is 24.9 Å². The molecule has 1 unspecified atom stereocenters. The fourth-order valence-corrected chi connectivity index (χ4v) is 3.28. The van der Waals surface area contributed by atoms with Crippen LogP contribution in [0.4, 0.5) is 11.4 Å². The number of nitrogens with zero attached hydrogens (tertiary/aromatic N) is 2. The minimum Gasteiger partial charge on any atom is -0.322 e. The zero-order chi connectivity index (χ0) is 21.7. The number of hydrogen-bond acceptors (Lipinski definition) is 3. The molecule has 1 atom stereocenters. The van der Waals surface area contributed by atoms with E-state index < -0.39 is 0 Å². The lowest BCUT2D eigenvalue weighted by Crippen LogP contribution is -3.11. The van der Waals surface area contributed by atoms with Crippen molar-refractivity contribution < 1.29 is 14.5 Å². The minimum absolute atomic E-state index is 0.131. The quantitative estimate of drug-likeness (QED) is 0.561. The van der Waals surface area contributed by atoms with Crippen LogP contribution in [0, 0.1) is 20.8 Å². The molecule has 0 aliphatic carbocycles. The maximum Gasteiger partial charge on any atom is 0.279 e. The van der Waals surface area contributed by atoms with Gasteiger partial charge in [0.25, 0.3) is 11.8 Å². The van der Waals surface area contributed by atoms with Crippen molar-refractivity contribution in [3.05, 3.63) is 71.5 Å². The third kappa shape index (κ3) is 5.33. The number of amides is 2. The first kappa shape index (κ1) is 21.3. The van der Waals surface area contributed by atoms with E-state index in [0.717, 1.165) is 33.2 Å². The molecule has 2 amide bonds. The zero-order valence-corrected chi connectivity index (χ0v) is 17.8. The number of carbonyl (C=O) groups excluding carboxylic acids is 2. The molecule has 0 aliphatic rings. The SMILES string of the molecule is Cc1ccc(NC(=O)C[NH+](C)CC(=O)Nc2c(C)nn(-c3ccccc3)c2C)cc1. The number of nitrogens with one attached hydrogen (secondary N) is 3. The summed E-state index contributed by atoms with van der Waals surface area (Å²) >= 11 is 0. The Kier molecular flexibility index (Phi) is 6.64. The number of anilines is 2. The average molecular weight is 407 g/mol. The van der Waals surface area contributed by atoms with Gasteiger partial charge in [0.05, 0.1) is 29.8 Å². The molecular formula is C23H28N5O2+. The predicted molar refractivity (Wildman–Crippen MR) is 118 cm³/mol. The number of benzene rings is 2. The van der Waals surface area contributed by atoms with Crippen LogP contribution in [0.2, 0.25) is 0 Å². The number of quaternary nitrogens is 1. The van der Waals surface area contributed by atoms with Gasteiger partial charge in [0.1, 0.15) is 0 Å². The van der Waals surface area contributed by atoms with Gasteiger partial charge in [-0.2, -0.15) is 5.10 Å². The van der Waals surface area contributed by atoms with Crippen LogP contribution in [0.3, 0.4) is 0 Å². The van der Waals surface area contributed by atoms with Gasteiger partial charge in [-0.25, -0.2) is 4.68 Å². The minimum atomic E-state index is -0.158. The summed E-state index contributed by atoms with van der Waals surface area (Å²) in [6.45, 7) is 6.16. The van der Waals surface area contributed by atoms with Gasteiger partial charge in [-0.15, -0.1) is 0 Å². The Labute approximate surface area is 176 Å². The molecule has 2 aromatic carbocycles. The molecule has 0 saturated carbocycles. The van der Waals surface area contributed by atoms with E-state index in [1.807, 2.05) is 87.1 Å². The molecule has 3 N–H and O–H groups in total. The Morgan fingerprint density at radius 1 is 0.900 bits per heavy atom. The Morgan fingerprint density at radius 2 is 1.50 bits per heavy atom. The highest BCUT2D eigenvalue weighted by Gasteiger charge is 2.19. The highest BCUT2D eigenvalue weighted by atomic mass is 16.2. The van der Waals surface area contributed by atoms with Crippen molar-refractivity contribution in [3.63, 3.8) is 0 Å². The normalized spacial score (nSPS) is 11.7. The Hall–Kier alpha value is -3.45. The fourth-order valence-electron chi connectivity index (χ4n) is 3.28. The summed E-state index contributed by atoms with van der Waals surface area (Å²) in [7, 11) is 1.82. The van der Waals surface area contributed by atoms with Gasteiger partial charge >= 0.3 is 0 Å². The van der Waals surface area contributed by atoms with Crippen LogP contribution < -0.4 is 15.5 Å². The number of aromatic nitrogens is 2. The van der Waals surface area contributed by atoms with Gasteiger partial charge in [-0.3, -0.25) is 9.59 Å². The van der Waals surface area contributed by atoms with Gasteiger partial charge < -0.3 is 15.5 Å². The fraction of sp³-hybridized carbons (Fsp3) is 0.261. The molecule has 7 nitrogen and oxygen atoms in total. The number of carbonyl (C=O) groups is 2. The van der Waals surface area contributed by atoms with Gasteiger partial charge in [0.2, 0.25) is 0 Å². The molecular weight excluding hydrogens is 378 g/mol. The van der Waals surface area contributed by atoms with Crippen LogP contribution in [0.25, 0.3) is 5.69 Å². The molecule has 0 saturated heterocycles. The van der Waals surface area contributed by atoms with E-state index >= 15 is 0 Å². The molecule has 0 bridgehead atoms. The van der Waals surface area contributed by atoms with Crippen molar-refractivity contribution in [1.29, 1.82) is 0 Å². The summed E-state index contributed by atoms with van der Waals surface area (Å²) in [5.74, 6) is -0.289. The van der Waals surface area contributed by atoms with E-state index in [2.05, 4.69) is 15.7 Å². The highest BCUT2D eigenvalue weighted by Crippen LogP contribution is 2.22. The first-order valence-electron chi connectivity index (χ1n) is 9.93. The van der Waals surface area contributed by atoms with Gasteiger partial charge in [-0.1, -0.05) is 35.9 Å². The monoisotopic (exact) mass is 406 g/mol. The van der Waals surface area contributed by atoms with E-state index in [1.54, 1.807) is 0 Å². The molecule has 1 heterocycles. The van der Waals surface area contributed by atoms with Crippen LogP contribution in [0.15, 0.2) is 54.6 Å². The van der Waals surface area contributed by atoms with Crippen molar-refractivity contribution in [2.45, 2.75) is 20.8 Å². The summed E-state index contributed by atoms with van der Waals surface area (Å²) in [6.07, 6.45) is 0. The van der Waals surface area contributed by atoms with Gasteiger partial charge in [-0.05, 0) is 45.0 Å². The molecule has 0 radical (unpaired) electrons. The van der Waals surface area contributed by atoms with Crippen LogP contribution >= 0.6 is 0 Å². The van der Waals surface area contributed by atoms with Crippen molar-refractivity contribution in [2.75, 3.05) is 30.8 Å². The molecule has 7 heteroatoms. The Morgan fingerprint density at radius 3 is 2.13 bits per heavy atom. The Bertz CT molecular complexity index is 1030. The van der Waals surface area contributed by atoms with Gasteiger partial charge in [0.15, 0.2) is 13.1 Å². The lowest BCUT2D eigenvalue weighted by atomic mass is 10.2. The maximum atomic E-state index is 12.5. The molecule has 30 heavy (non-hydrogen) atoms. The second-order valence-corrected chi connectivity index (χ2v) is 7.57. The van der Waals surface area contributed by atoms with Crippen molar-refractivity contribution in [3.8, 4) is 5.69 Å². The molecule has 3 rings (SSSR count). The standard InChI is InChI=1S/C23H27N5O2/c1-16-10-12-19(13-11-16)24-21(29)14-27(4)15-22(30)25-23-17(2)26-28(18(23)3)20-8-6-5-7-9-20/h5-13H,14-15H2,1-4H3,(H,24,29)(H,25,30)/p+1. The summed E-state index contributed by atoms with van der Waals surface area (Å²) in [5.41, 5.74) is 5.15. The number of hydrogen-bond donors (Lipinski definition) is 3. The first-order chi connectivity index (χ1) is 14.3. The molecule has 3 aromatic rings. The lowest BCUT2D eigenvalue weighted by Gasteiger charge is -2.14. The number of rotatable bonds is 7. The maximum absolute atomic E-state index is 12.5. The molecule has 0 spiro atoms. The van der Waals surface area contributed by atoms with Crippen LogP contribution in [0.1, 0.15) is 17.0 Å². The third-order valence-electron chi connectivity index (χ3n) is 4.82. The topological polar surface area (TPSA) is 80.5 Å². The largest absolute Gasteiger partial charge is 0.322 e. The molecule has 156 valence electrons. The van der Waals surface area contributed by atoms with Crippen molar-refractivity contribution >= 4 is 23.2 Å². The van der Waals surface area contributed by atoms with E-state index in [4.69, 9.17) is 0 Å². The smallest absolute Gasteiger partial charge is 0.279 e. The van der Waals surface area contributed by atoms with E-state index in [0.29, 0.717) is 5.69 Å². The second kappa shape index (κ2) is 9.37. The predicted octanol–water partition coefficient (Wildman–Crippen LogP) is 1.89. The molecule has 0 aliphatic heterocycles. The number of likely N-dealkylation sites (N-methyl/N-ethyl adjacent to an activating group) is 1. The zero-order valence-electron chi connectivity index (χ0n) is 17.8. The Balaban J connectivity index is 1.57. The lowest BCUT2D eigenvalue weighted by molar-refractivity contribution is -0.862. The van der Waals surface area contributed by atoms with E-state index in [9.17, 15) is 9.59 Å². The van der Waals surface area contributed by atoms with E-state index in [1.165, 1.54) is 0 Å². The van der Waals surface area contributed by atoms with Crippen molar-refractivity contribution in [1.82, 2.24) is 9.78 Å². The summed E-state index contributed by atoms with van der Waals surface area (Å²) in [6, 6.07) is 17.4. The number of aryl methyl sites for hydroxylation is 2. The van der Waals surface area contributed by atoms with Crippen LogP contribution in [0.5, 0.6) is 0 Å². The molecule has 1 aromatic heterocycles. The number of para-hydroxylation sites is 1. The van der Waals surface area contributed by atoms with Crippen molar-refractivity contribution in [2.24, 2.45) is 0 Å². The van der Waals surface area contributed by atoms with Crippen LogP contribution in [-0.2, 0) is 9.59 Å². The highest BCUT2D eigenvalue weighted by molar-refractivity contribution is 5.93. The summed E-state index contributed by atoms with van der Waals surface area (Å²) in [4.78, 5) is 25.6.